The first kappa shape index (κ1) is 11.0. The molecule has 0 spiro atoms. The number of carboxylic acids is 1. The lowest BCUT2D eigenvalue weighted by atomic mass is 9.92. The van der Waals surface area contributed by atoms with Crippen LogP contribution in [0.5, 0.6) is 0 Å². The van der Waals surface area contributed by atoms with E-state index in [1.165, 1.54) is 6.92 Å². The van der Waals surface area contributed by atoms with Crippen molar-refractivity contribution in [3.05, 3.63) is 0 Å². The third-order valence-electron chi connectivity index (χ3n) is 2.36. The molecule has 0 amide bonds. The van der Waals surface area contributed by atoms with Gasteiger partial charge < -0.3 is 9.84 Å². The predicted octanol–water partition coefficient (Wildman–Crippen LogP) is -0.0669. The lowest BCUT2D eigenvalue weighted by Gasteiger charge is -2.30. The van der Waals surface area contributed by atoms with Gasteiger partial charge in [0.2, 0.25) is 0 Å². The normalized spacial score (nSPS) is 22.3. The molecule has 1 fully saturated rings. The van der Waals surface area contributed by atoms with E-state index >= 15 is 0 Å². The average Bonchev–Trinajstić information content (AvgIpc) is 2.19. The fraction of sp³-hybridized carbons (Fsp3) is 0.778. The summed E-state index contributed by atoms with van der Waals surface area (Å²) in [5, 5.41) is 17.7. The van der Waals surface area contributed by atoms with Gasteiger partial charge in [-0.25, -0.2) is 0 Å². The molecule has 1 aliphatic heterocycles. The second kappa shape index (κ2) is 4.40. The smallest absolute Gasteiger partial charge is 0.325 e. The number of aliphatic carboxylic acids is 1. The molecule has 1 aliphatic rings. The van der Waals surface area contributed by atoms with Crippen molar-refractivity contribution in [2.45, 2.75) is 6.92 Å². The average molecular weight is 198 g/mol. The molecule has 0 aromatic rings. The topological polar surface area (TPSA) is 73.6 Å². The Balaban J connectivity index is 2.56. The summed E-state index contributed by atoms with van der Waals surface area (Å²) in [6.07, 6.45) is 0. The number of rotatable bonds is 3. The standard InChI is InChI=1S/C9H14N2O3/c1-9(6-10,8(12)13)7-11-2-4-14-5-3-11/h2-5,7H2,1H3,(H,12,13). The summed E-state index contributed by atoms with van der Waals surface area (Å²) in [7, 11) is 0. The Morgan fingerprint density at radius 1 is 1.64 bits per heavy atom. The van der Waals surface area contributed by atoms with E-state index in [-0.39, 0.29) is 6.54 Å². The molecule has 5 heteroatoms. The van der Waals surface area contributed by atoms with Crippen LogP contribution >= 0.6 is 0 Å². The zero-order chi connectivity index (χ0) is 10.6. The summed E-state index contributed by atoms with van der Waals surface area (Å²) in [5.41, 5.74) is -1.31. The quantitative estimate of drug-likeness (QED) is 0.687. The minimum Gasteiger partial charge on any atom is -0.480 e. The van der Waals surface area contributed by atoms with E-state index in [0.29, 0.717) is 26.3 Å². The van der Waals surface area contributed by atoms with Gasteiger partial charge >= 0.3 is 5.97 Å². The summed E-state index contributed by atoms with van der Waals surface area (Å²) >= 11 is 0. The molecule has 78 valence electrons. The van der Waals surface area contributed by atoms with Crippen molar-refractivity contribution in [3.63, 3.8) is 0 Å². The van der Waals surface area contributed by atoms with Crippen LogP contribution in [0.2, 0.25) is 0 Å². The van der Waals surface area contributed by atoms with Crippen molar-refractivity contribution in [1.29, 1.82) is 5.26 Å². The predicted molar refractivity (Wildman–Crippen MR) is 48.6 cm³/mol. The van der Waals surface area contributed by atoms with Crippen LogP contribution < -0.4 is 0 Å². The van der Waals surface area contributed by atoms with Gasteiger partial charge in [0.15, 0.2) is 5.41 Å². The largest absolute Gasteiger partial charge is 0.480 e. The minimum absolute atomic E-state index is 0.266. The number of hydrogen-bond acceptors (Lipinski definition) is 4. The van der Waals surface area contributed by atoms with Crippen LogP contribution in [0, 0.1) is 16.7 Å². The van der Waals surface area contributed by atoms with Crippen molar-refractivity contribution in [2.24, 2.45) is 5.41 Å². The highest BCUT2D eigenvalue weighted by molar-refractivity contribution is 5.77. The van der Waals surface area contributed by atoms with Gasteiger partial charge in [-0.2, -0.15) is 5.26 Å². The van der Waals surface area contributed by atoms with Gasteiger partial charge in [0.25, 0.3) is 0 Å². The van der Waals surface area contributed by atoms with Gasteiger partial charge in [-0.1, -0.05) is 0 Å². The number of nitriles is 1. The fourth-order valence-electron chi connectivity index (χ4n) is 1.36. The maximum atomic E-state index is 10.8. The van der Waals surface area contributed by atoms with Crippen molar-refractivity contribution < 1.29 is 14.6 Å². The van der Waals surface area contributed by atoms with E-state index in [1.54, 1.807) is 0 Å². The molecule has 1 heterocycles. The van der Waals surface area contributed by atoms with Crippen LogP contribution in [0.4, 0.5) is 0 Å². The third kappa shape index (κ3) is 2.44. The van der Waals surface area contributed by atoms with E-state index < -0.39 is 11.4 Å². The van der Waals surface area contributed by atoms with Crippen molar-refractivity contribution in [3.8, 4) is 6.07 Å². The molecule has 1 N–H and O–H groups in total. The molecule has 0 aliphatic carbocycles. The number of carbonyl (C=O) groups is 1. The minimum atomic E-state index is -1.31. The Bertz CT molecular complexity index is 255. The molecule has 1 atom stereocenters. The van der Waals surface area contributed by atoms with Gasteiger partial charge in [0.05, 0.1) is 19.3 Å². The number of morpholine rings is 1. The Hall–Kier alpha value is -1.12. The molecule has 1 saturated heterocycles. The lowest BCUT2D eigenvalue weighted by Crippen LogP contribution is -2.45. The van der Waals surface area contributed by atoms with Gasteiger partial charge in [-0.15, -0.1) is 0 Å². The van der Waals surface area contributed by atoms with E-state index in [9.17, 15) is 4.79 Å². The van der Waals surface area contributed by atoms with Crippen LogP contribution in [-0.2, 0) is 9.53 Å². The summed E-state index contributed by atoms with van der Waals surface area (Å²) in [6, 6.07) is 1.84. The Labute approximate surface area is 82.9 Å². The van der Waals surface area contributed by atoms with Gasteiger partial charge in [-0.05, 0) is 6.92 Å². The second-order valence-corrected chi connectivity index (χ2v) is 3.64. The van der Waals surface area contributed by atoms with Crippen LogP contribution in [0.25, 0.3) is 0 Å². The maximum absolute atomic E-state index is 10.8. The SMILES string of the molecule is CC(C#N)(CN1CCOCC1)C(=O)O. The Kier molecular flexibility index (Phi) is 3.44. The number of hydrogen-bond donors (Lipinski definition) is 1. The Morgan fingerprint density at radius 3 is 2.64 bits per heavy atom. The first-order chi connectivity index (χ1) is 6.58. The zero-order valence-corrected chi connectivity index (χ0v) is 8.19. The van der Waals surface area contributed by atoms with Crippen molar-refractivity contribution in [1.82, 2.24) is 4.90 Å². The maximum Gasteiger partial charge on any atom is 0.325 e. The summed E-state index contributed by atoms with van der Waals surface area (Å²) in [4.78, 5) is 12.8. The molecular formula is C9H14N2O3. The third-order valence-corrected chi connectivity index (χ3v) is 2.36. The van der Waals surface area contributed by atoms with Gasteiger partial charge in [0, 0.05) is 19.6 Å². The highest BCUT2D eigenvalue weighted by Gasteiger charge is 2.35. The summed E-state index contributed by atoms with van der Waals surface area (Å²) < 4.78 is 5.14. The first-order valence-electron chi connectivity index (χ1n) is 4.53. The van der Waals surface area contributed by atoms with Crippen LogP contribution in [0.1, 0.15) is 6.92 Å². The van der Waals surface area contributed by atoms with E-state index in [0.717, 1.165) is 0 Å². The molecule has 1 unspecified atom stereocenters. The van der Waals surface area contributed by atoms with Crippen molar-refractivity contribution in [2.75, 3.05) is 32.8 Å². The molecule has 0 radical (unpaired) electrons. The monoisotopic (exact) mass is 198 g/mol. The zero-order valence-electron chi connectivity index (χ0n) is 8.19. The Morgan fingerprint density at radius 2 is 2.21 bits per heavy atom. The molecule has 5 nitrogen and oxygen atoms in total. The van der Waals surface area contributed by atoms with Gasteiger partial charge in [0.1, 0.15) is 0 Å². The number of carboxylic acid groups (broad SMARTS) is 1. The fourth-order valence-corrected chi connectivity index (χ4v) is 1.36. The highest BCUT2D eigenvalue weighted by atomic mass is 16.5. The molecular weight excluding hydrogens is 184 g/mol. The lowest BCUT2D eigenvalue weighted by molar-refractivity contribution is -0.146. The molecule has 0 aromatic heterocycles. The molecule has 0 aromatic carbocycles. The van der Waals surface area contributed by atoms with Crippen LogP contribution in [0.3, 0.4) is 0 Å². The summed E-state index contributed by atoms with van der Waals surface area (Å²) in [6.45, 7) is 4.34. The molecule has 14 heavy (non-hydrogen) atoms. The molecule has 0 bridgehead atoms. The van der Waals surface area contributed by atoms with E-state index in [4.69, 9.17) is 15.1 Å². The van der Waals surface area contributed by atoms with Crippen molar-refractivity contribution >= 4 is 5.97 Å². The first-order valence-corrected chi connectivity index (χ1v) is 4.53. The number of nitrogens with zero attached hydrogens (tertiary/aromatic N) is 2. The highest BCUT2D eigenvalue weighted by Crippen LogP contribution is 2.17. The van der Waals surface area contributed by atoms with E-state index in [1.807, 2.05) is 11.0 Å². The summed E-state index contributed by atoms with van der Waals surface area (Å²) in [5.74, 6) is -1.06. The van der Waals surface area contributed by atoms with E-state index in [2.05, 4.69) is 0 Å². The van der Waals surface area contributed by atoms with Crippen LogP contribution in [0.15, 0.2) is 0 Å². The van der Waals surface area contributed by atoms with Crippen LogP contribution in [-0.4, -0.2) is 48.8 Å². The molecule has 0 saturated carbocycles. The molecule has 1 rings (SSSR count). The second-order valence-electron chi connectivity index (χ2n) is 3.64. The number of ether oxygens (including phenoxy) is 1. The van der Waals surface area contributed by atoms with Gasteiger partial charge in [-0.3, -0.25) is 9.69 Å².